The van der Waals surface area contributed by atoms with Crippen molar-refractivity contribution in [3.63, 3.8) is 0 Å². The molecule has 1 N–H and O–H groups in total. The lowest BCUT2D eigenvalue weighted by atomic mass is 10.0. The lowest BCUT2D eigenvalue weighted by Gasteiger charge is -2.36. The third-order valence-corrected chi connectivity index (χ3v) is 4.43. The molecule has 1 saturated heterocycles. The van der Waals surface area contributed by atoms with Crippen LogP contribution in [0.25, 0.3) is 0 Å². The molecule has 0 spiro atoms. The van der Waals surface area contributed by atoms with Crippen LogP contribution in [0.5, 0.6) is 0 Å². The maximum absolute atomic E-state index is 10.8. The molecule has 1 aromatic rings. The normalized spacial score (nSPS) is 16.9. The van der Waals surface area contributed by atoms with Crippen LogP contribution in [-0.2, 0) is 11.3 Å². The zero-order valence-corrected chi connectivity index (χ0v) is 13.8. The number of hydrogen-bond donors (Lipinski definition) is 1. The molecule has 0 aromatic heterocycles. The highest BCUT2D eigenvalue weighted by Gasteiger charge is 2.23. The summed E-state index contributed by atoms with van der Waals surface area (Å²) in [5, 5.41) is 8.89. The van der Waals surface area contributed by atoms with Crippen molar-refractivity contribution in [2.45, 2.75) is 25.4 Å². The lowest BCUT2D eigenvalue weighted by molar-refractivity contribution is -0.138. The van der Waals surface area contributed by atoms with Gasteiger partial charge in [-0.15, -0.1) is 0 Å². The van der Waals surface area contributed by atoms with Crippen LogP contribution in [0.1, 0.15) is 18.4 Å². The Morgan fingerprint density at radius 2 is 1.86 bits per heavy atom. The Morgan fingerprint density at radius 1 is 1.23 bits per heavy atom. The summed E-state index contributed by atoms with van der Waals surface area (Å²) in [6.07, 6.45) is 2.07. The molecule has 0 saturated carbocycles. The molecular weight excluding hydrogens is 278 g/mol. The number of para-hydroxylation sites is 1. The summed E-state index contributed by atoms with van der Waals surface area (Å²) in [4.78, 5) is 17.4. The van der Waals surface area contributed by atoms with E-state index in [9.17, 15) is 4.79 Å². The molecule has 5 heteroatoms. The summed E-state index contributed by atoms with van der Waals surface area (Å²) in [6, 6.07) is 8.90. The van der Waals surface area contributed by atoms with E-state index in [-0.39, 0.29) is 6.54 Å². The van der Waals surface area contributed by atoms with Crippen LogP contribution in [0.2, 0.25) is 0 Å². The molecule has 0 radical (unpaired) electrons. The van der Waals surface area contributed by atoms with Gasteiger partial charge in [-0.05, 0) is 44.6 Å². The third-order valence-electron chi connectivity index (χ3n) is 4.43. The molecule has 1 heterocycles. The Labute approximate surface area is 133 Å². The van der Waals surface area contributed by atoms with Crippen molar-refractivity contribution >= 4 is 11.7 Å². The standard InChI is InChI=1S/C17H27N3O2/c1-18(2)16-7-5-4-6-14(16)12-20-10-8-15(9-11-20)19(3)13-17(21)22/h4-7,15H,8-13H2,1-3H3,(H,21,22). The minimum absolute atomic E-state index is 0.133. The smallest absolute Gasteiger partial charge is 0.317 e. The van der Waals surface area contributed by atoms with Crippen LogP contribution in [-0.4, -0.2) is 67.7 Å². The van der Waals surface area contributed by atoms with Gasteiger partial charge in [-0.3, -0.25) is 14.6 Å². The number of benzene rings is 1. The molecule has 2 rings (SSSR count). The third kappa shape index (κ3) is 4.45. The summed E-state index contributed by atoms with van der Waals surface area (Å²) in [5.74, 6) is -0.746. The number of anilines is 1. The Bertz CT molecular complexity index is 496. The fourth-order valence-corrected chi connectivity index (χ4v) is 3.18. The Balaban J connectivity index is 1.89. The van der Waals surface area contributed by atoms with Crippen LogP contribution in [0, 0.1) is 0 Å². The van der Waals surface area contributed by atoms with Crippen molar-refractivity contribution < 1.29 is 9.90 Å². The van der Waals surface area contributed by atoms with Crippen LogP contribution in [0.15, 0.2) is 24.3 Å². The maximum atomic E-state index is 10.8. The topological polar surface area (TPSA) is 47.0 Å². The van der Waals surface area contributed by atoms with E-state index in [1.54, 1.807) is 0 Å². The van der Waals surface area contributed by atoms with Crippen LogP contribution >= 0.6 is 0 Å². The molecule has 1 aliphatic heterocycles. The predicted molar refractivity (Wildman–Crippen MR) is 89.3 cm³/mol. The maximum Gasteiger partial charge on any atom is 0.317 e. The van der Waals surface area contributed by atoms with Gasteiger partial charge in [-0.25, -0.2) is 0 Å². The number of rotatable bonds is 6. The van der Waals surface area contributed by atoms with Gasteiger partial charge >= 0.3 is 5.97 Å². The molecule has 0 amide bonds. The van der Waals surface area contributed by atoms with Crippen molar-refractivity contribution in [3.8, 4) is 0 Å². The van der Waals surface area contributed by atoms with Gasteiger partial charge in [-0.2, -0.15) is 0 Å². The monoisotopic (exact) mass is 305 g/mol. The van der Waals surface area contributed by atoms with Gasteiger partial charge in [0.25, 0.3) is 0 Å². The summed E-state index contributed by atoms with van der Waals surface area (Å²) in [6.45, 7) is 3.14. The summed E-state index contributed by atoms with van der Waals surface area (Å²) < 4.78 is 0. The fourth-order valence-electron chi connectivity index (χ4n) is 3.18. The van der Waals surface area contributed by atoms with Crippen LogP contribution < -0.4 is 4.90 Å². The molecule has 0 unspecified atom stereocenters. The van der Waals surface area contributed by atoms with E-state index >= 15 is 0 Å². The number of likely N-dealkylation sites (tertiary alicyclic amines) is 1. The van der Waals surface area contributed by atoms with Crippen molar-refractivity contribution in [1.29, 1.82) is 0 Å². The highest BCUT2D eigenvalue weighted by atomic mass is 16.4. The van der Waals surface area contributed by atoms with E-state index in [4.69, 9.17) is 5.11 Å². The largest absolute Gasteiger partial charge is 0.480 e. The van der Waals surface area contributed by atoms with Gasteiger partial charge in [0.05, 0.1) is 6.54 Å². The predicted octanol–water partition coefficient (Wildman–Crippen LogP) is 1.73. The zero-order chi connectivity index (χ0) is 16.1. The average molecular weight is 305 g/mol. The summed E-state index contributed by atoms with van der Waals surface area (Å²) in [7, 11) is 6.06. The van der Waals surface area contributed by atoms with E-state index in [1.165, 1.54) is 11.3 Å². The number of likely N-dealkylation sites (N-methyl/N-ethyl adjacent to an activating group) is 1. The minimum Gasteiger partial charge on any atom is -0.480 e. The molecule has 1 aliphatic rings. The molecule has 0 aliphatic carbocycles. The fraction of sp³-hybridized carbons (Fsp3) is 0.588. The second-order valence-electron chi connectivity index (χ2n) is 6.34. The Kier molecular flexibility index (Phi) is 5.80. The Morgan fingerprint density at radius 3 is 2.45 bits per heavy atom. The van der Waals surface area contributed by atoms with E-state index in [0.717, 1.165) is 32.5 Å². The SMILES string of the molecule is CN(C)c1ccccc1CN1CCC(N(C)CC(=O)O)CC1. The first-order valence-electron chi connectivity index (χ1n) is 7.87. The van der Waals surface area contributed by atoms with E-state index in [2.05, 4.69) is 48.2 Å². The second-order valence-corrected chi connectivity index (χ2v) is 6.34. The number of hydrogen-bond acceptors (Lipinski definition) is 4. The van der Waals surface area contributed by atoms with Gasteiger partial charge < -0.3 is 10.0 Å². The van der Waals surface area contributed by atoms with Gasteiger partial charge in [0, 0.05) is 32.4 Å². The number of aliphatic carboxylic acids is 1. The van der Waals surface area contributed by atoms with Gasteiger partial charge in [0.1, 0.15) is 0 Å². The molecule has 5 nitrogen and oxygen atoms in total. The van der Waals surface area contributed by atoms with Crippen molar-refractivity contribution in [2.75, 3.05) is 45.7 Å². The van der Waals surface area contributed by atoms with Crippen LogP contribution in [0.3, 0.4) is 0 Å². The van der Waals surface area contributed by atoms with Crippen molar-refractivity contribution in [1.82, 2.24) is 9.80 Å². The second kappa shape index (κ2) is 7.61. The highest BCUT2D eigenvalue weighted by molar-refractivity contribution is 5.69. The quantitative estimate of drug-likeness (QED) is 0.867. The minimum atomic E-state index is -0.746. The molecule has 1 fully saturated rings. The van der Waals surface area contributed by atoms with E-state index < -0.39 is 5.97 Å². The number of carboxylic acids is 1. The first-order chi connectivity index (χ1) is 10.5. The van der Waals surface area contributed by atoms with Gasteiger partial charge in [0.15, 0.2) is 0 Å². The summed E-state index contributed by atoms with van der Waals surface area (Å²) >= 11 is 0. The highest BCUT2D eigenvalue weighted by Crippen LogP contribution is 2.22. The van der Waals surface area contributed by atoms with Crippen molar-refractivity contribution in [2.24, 2.45) is 0 Å². The molecular formula is C17H27N3O2. The first-order valence-corrected chi connectivity index (χ1v) is 7.87. The van der Waals surface area contributed by atoms with Crippen LogP contribution in [0.4, 0.5) is 5.69 Å². The van der Waals surface area contributed by atoms with Gasteiger partial charge in [-0.1, -0.05) is 18.2 Å². The zero-order valence-electron chi connectivity index (χ0n) is 13.8. The lowest BCUT2D eigenvalue weighted by Crippen LogP contribution is -2.44. The van der Waals surface area contributed by atoms with E-state index in [0.29, 0.717) is 6.04 Å². The molecule has 22 heavy (non-hydrogen) atoms. The number of carbonyl (C=O) groups is 1. The van der Waals surface area contributed by atoms with Crippen molar-refractivity contribution in [3.05, 3.63) is 29.8 Å². The number of piperidine rings is 1. The molecule has 0 atom stereocenters. The Hall–Kier alpha value is -1.59. The summed E-state index contributed by atoms with van der Waals surface area (Å²) in [5.41, 5.74) is 2.62. The molecule has 1 aromatic carbocycles. The van der Waals surface area contributed by atoms with Gasteiger partial charge in [0.2, 0.25) is 0 Å². The number of nitrogens with zero attached hydrogens (tertiary/aromatic N) is 3. The molecule has 122 valence electrons. The van der Waals surface area contributed by atoms with E-state index in [1.807, 2.05) is 11.9 Å². The average Bonchev–Trinajstić information content (AvgIpc) is 2.47. The number of carboxylic acid groups (broad SMARTS) is 1. The first kappa shape index (κ1) is 16.8. The molecule has 0 bridgehead atoms.